The Morgan fingerprint density at radius 3 is 2.68 bits per heavy atom. The zero-order valence-corrected chi connectivity index (χ0v) is 16.8. The van der Waals surface area contributed by atoms with Crippen LogP contribution in [0.3, 0.4) is 0 Å². The Labute approximate surface area is 165 Å². The van der Waals surface area contributed by atoms with Crippen LogP contribution in [0.25, 0.3) is 0 Å². The van der Waals surface area contributed by atoms with Gasteiger partial charge < -0.3 is 19.1 Å². The molecule has 3 heterocycles. The predicted molar refractivity (Wildman–Crippen MR) is 102 cm³/mol. The number of likely N-dealkylation sites (tertiary alicyclic amines) is 2. The average Bonchev–Trinajstić information content (AvgIpc) is 3.38. The number of hydrogen-bond acceptors (Lipinski definition) is 5. The molecule has 1 aromatic rings. The lowest BCUT2D eigenvalue weighted by Crippen LogP contribution is -2.48. The van der Waals surface area contributed by atoms with Crippen molar-refractivity contribution in [2.24, 2.45) is 0 Å². The van der Waals surface area contributed by atoms with Gasteiger partial charge in [0.2, 0.25) is 12.7 Å². The third-order valence-electron chi connectivity index (χ3n) is 5.53. The summed E-state index contributed by atoms with van der Waals surface area (Å²) in [5.74, 6) is 1.85. The van der Waals surface area contributed by atoms with Crippen molar-refractivity contribution in [3.63, 3.8) is 0 Å². The van der Waals surface area contributed by atoms with Crippen LogP contribution in [0.2, 0.25) is 0 Å². The molecule has 7 heteroatoms. The van der Waals surface area contributed by atoms with Crippen molar-refractivity contribution in [1.82, 2.24) is 9.80 Å². The van der Waals surface area contributed by atoms with Crippen molar-refractivity contribution in [3.8, 4) is 11.5 Å². The summed E-state index contributed by atoms with van der Waals surface area (Å²) in [4.78, 5) is 29.1. The molecule has 7 nitrogen and oxygen atoms in total. The standard InChI is InChI=1S/C21H28N2O5/c1-21(2,3)28-20(25)23-9-4-5-16(23)19(24)22-10-8-15(12-22)14-6-7-17-18(11-14)27-13-26-17/h6-7,11,15-16H,4-5,8-10,12-13H2,1-3H3. The van der Waals surface area contributed by atoms with Crippen molar-refractivity contribution < 1.29 is 23.8 Å². The molecule has 2 fully saturated rings. The van der Waals surface area contributed by atoms with Crippen molar-refractivity contribution in [2.75, 3.05) is 26.4 Å². The van der Waals surface area contributed by atoms with Crippen molar-refractivity contribution in [1.29, 1.82) is 0 Å². The number of amides is 2. The van der Waals surface area contributed by atoms with Gasteiger partial charge in [0.1, 0.15) is 11.6 Å². The summed E-state index contributed by atoms with van der Waals surface area (Å²) in [5.41, 5.74) is 0.598. The van der Waals surface area contributed by atoms with E-state index in [1.165, 1.54) is 0 Å². The molecule has 152 valence electrons. The van der Waals surface area contributed by atoms with E-state index in [1.807, 2.05) is 37.8 Å². The van der Waals surface area contributed by atoms with E-state index in [-0.39, 0.29) is 18.6 Å². The third kappa shape index (κ3) is 3.75. The Morgan fingerprint density at radius 1 is 1.11 bits per heavy atom. The quantitative estimate of drug-likeness (QED) is 0.779. The molecule has 0 aromatic heterocycles. The number of fused-ring (bicyclic) bond motifs is 1. The summed E-state index contributed by atoms with van der Waals surface area (Å²) in [6.07, 6.45) is 2.04. The van der Waals surface area contributed by atoms with E-state index in [0.29, 0.717) is 26.1 Å². The minimum atomic E-state index is -0.564. The second-order valence-electron chi connectivity index (χ2n) is 8.71. The first-order valence-electron chi connectivity index (χ1n) is 10.00. The van der Waals surface area contributed by atoms with Crippen LogP contribution in [0.15, 0.2) is 18.2 Å². The van der Waals surface area contributed by atoms with Crippen LogP contribution in [0.5, 0.6) is 11.5 Å². The lowest BCUT2D eigenvalue weighted by Gasteiger charge is -2.30. The number of carbonyl (C=O) groups is 2. The molecule has 0 spiro atoms. The molecule has 2 saturated heterocycles. The highest BCUT2D eigenvalue weighted by atomic mass is 16.7. The van der Waals surface area contributed by atoms with Crippen LogP contribution in [-0.4, -0.2) is 59.9 Å². The van der Waals surface area contributed by atoms with Crippen LogP contribution in [0.1, 0.15) is 51.5 Å². The number of carbonyl (C=O) groups excluding carboxylic acids is 2. The fourth-order valence-corrected chi connectivity index (χ4v) is 4.17. The molecule has 0 aliphatic carbocycles. The van der Waals surface area contributed by atoms with Gasteiger partial charge in [-0.2, -0.15) is 0 Å². The number of benzene rings is 1. The van der Waals surface area contributed by atoms with Gasteiger partial charge >= 0.3 is 6.09 Å². The van der Waals surface area contributed by atoms with Gasteiger partial charge in [-0.25, -0.2) is 4.79 Å². The highest BCUT2D eigenvalue weighted by molar-refractivity contribution is 5.86. The normalized spacial score (nSPS) is 24.0. The molecule has 0 saturated carbocycles. The van der Waals surface area contributed by atoms with Gasteiger partial charge in [-0.05, 0) is 57.7 Å². The fraction of sp³-hybridized carbons (Fsp3) is 0.619. The van der Waals surface area contributed by atoms with Crippen molar-refractivity contribution in [2.45, 2.75) is 57.6 Å². The van der Waals surface area contributed by atoms with Crippen molar-refractivity contribution >= 4 is 12.0 Å². The zero-order chi connectivity index (χ0) is 19.9. The van der Waals surface area contributed by atoms with E-state index in [2.05, 4.69) is 6.07 Å². The molecule has 3 aliphatic heterocycles. The lowest BCUT2D eigenvalue weighted by molar-refractivity contribution is -0.134. The molecule has 4 rings (SSSR count). The van der Waals surface area contributed by atoms with Gasteiger partial charge in [-0.15, -0.1) is 0 Å². The van der Waals surface area contributed by atoms with Gasteiger partial charge in [0, 0.05) is 25.6 Å². The van der Waals surface area contributed by atoms with Gasteiger partial charge in [0.25, 0.3) is 0 Å². The first-order chi connectivity index (χ1) is 13.3. The molecule has 0 radical (unpaired) electrons. The first kappa shape index (κ1) is 18.9. The van der Waals surface area contributed by atoms with Crippen LogP contribution in [-0.2, 0) is 9.53 Å². The van der Waals surface area contributed by atoms with Crippen LogP contribution < -0.4 is 9.47 Å². The van der Waals surface area contributed by atoms with Gasteiger partial charge in [-0.1, -0.05) is 6.07 Å². The number of hydrogen-bond donors (Lipinski definition) is 0. The van der Waals surface area contributed by atoms with Gasteiger partial charge in [-0.3, -0.25) is 9.69 Å². The van der Waals surface area contributed by atoms with Crippen LogP contribution >= 0.6 is 0 Å². The van der Waals surface area contributed by atoms with E-state index < -0.39 is 17.7 Å². The number of rotatable bonds is 2. The highest BCUT2D eigenvalue weighted by Gasteiger charge is 2.40. The maximum Gasteiger partial charge on any atom is 0.410 e. The largest absolute Gasteiger partial charge is 0.454 e. The maximum atomic E-state index is 13.1. The molecule has 0 bridgehead atoms. The molecular weight excluding hydrogens is 360 g/mol. The third-order valence-corrected chi connectivity index (χ3v) is 5.53. The Hall–Kier alpha value is -2.44. The monoisotopic (exact) mass is 388 g/mol. The summed E-state index contributed by atoms with van der Waals surface area (Å²) in [6.45, 7) is 7.73. The number of ether oxygens (including phenoxy) is 3. The highest BCUT2D eigenvalue weighted by Crippen LogP contribution is 2.37. The van der Waals surface area contributed by atoms with E-state index >= 15 is 0 Å². The molecule has 3 aliphatic rings. The minimum absolute atomic E-state index is 0.0339. The molecule has 28 heavy (non-hydrogen) atoms. The molecule has 2 unspecified atom stereocenters. The molecule has 0 N–H and O–H groups in total. The predicted octanol–water partition coefficient (Wildman–Crippen LogP) is 3.13. The Bertz CT molecular complexity index is 773. The summed E-state index contributed by atoms with van der Waals surface area (Å²) in [7, 11) is 0. The molecule has 2 atom stereocenters. The average molecular weight is 388 g/mol. The van der Waals surface area contributed by atoms with Crippen molar-refractivity contribution in [3.05, 3.63) is 23.8 Å². The SMILES string of the molecule is CC(C)(C)OC(=O)N1CCCC1C(=O)N1CCC(c2ccc3c(c2)OCO3)C1. The van der Waals surface area contributed by atoms with Gasteiger partial charge in [0.05, 0.1) is 0 Å². The molecule has 2 amide bonds. The second kappa shape index (κ2) is 7.18. The summed E-state index contributed by atoms with van der Waals surface area (Å²) >= 11 is 0. The van der Waals surface area contributed by atoms with Crippen LogP contribution in [0, 0.1) is 0 Å². The number of nitrogens with zero attached hydrogens (tertiary/aromatic N) is 2. The Kier molecular flexibility index (Phi) is 4.85. The molecular formula is C21H28N2O5. The fourth-order valence-electron chi connectivity index (χ4n) is 4.17. The van der Waals surface area contributed by atoms with Crippen LogP contribution in [0.4, 0.5) is 4.79 Å². The second-order valence-corrected chi connectivity index (χ2v) is 8.71. The van der Waals surface area contributed by atoms with E-state index in [0.717, 1.165) is 29.9 Å². The smallest absolute Gasteiger partial charge is 0.410 e. The summed E-state index contributed by atoms with van der Waals surface area (Å²) in [5, 5.41) is 0. The first-order valence-corrected chi connectivity index (χ1v) is 10.00. The van der Waals surface area contributed by atoms with E-state index in [9.17, 15) is 9.59 Å². The lowest BCUT2D eigenvalue weighted by atomic mass is 9.98. The maximum absolute atomic E-state index is 13.1. The summed E-state index contributed by atoms with van der Waals surface area (Å²) in [6, 6.07) is 5.59. The Balaban J connectivity index is 1.41. The molecule has 1 aromatic carbocycles. The Morgan fingerprint density at radius 2 is 1.89 bits per heavy atom. The van der Waals surface area contributed by atoms with E-state index in [4.69, 9.17) is 14.2 Å². The minimum Gasteiger partial charge on any atom is -0.454 e. The summed E-state index contributed by atoms with van der Waals surface area (Å²) < 4.78 is 16.3. The zero-order valence-electron chi connectivity index (χ0n) is 16.8. The van der Waals surface area contributed by atoms with E-state index in [1.54, 1.807) is 4.90 Å². The van der Waals surface area contributed by atoms with Gasteiger partial charge in [0.15, 0.2) is 11.5 Å². The topological polar surface area (TPSA) is 68.3 Å².